The molecule has 0 unspecified atom stereocenters. The molecule has 0 saturated heterocycles. The highest BCUT2D eigenvalue weighted by Gasteiger charge is 2.01. The largest absolute Gasteiger partial charge is 0.278 e. The van der Waals surface area contributed by atoms with Gasteiger partial charge in [0.1, 0.15) is 0 Å². The first kappa shape index (κ1) is 16.2. The molecule has 124 valence electrons. The highest BCUT2D eigenvalue weighted by Crippen LogP contribution is 2.20. The molecular weight excluding hydrogens is 296 g/mol. The van der Waals surface area contributed by atoms with Crippen molar-refractivity contribution in [3.05, 3.63) is 59.9 Å². The van der Waals surface area contributed by atoms with Gasteiger partial charge in [-0.2, -0.15) is 10.2 Å². The molecule has 4 heteroatoms. The van der Waals surface area contributed by atoms with Crippen LogP contribution in [0.4, 0.5) is 0 Å². The van der Waals surface area contributed by atoms with Crippen LogP contribution in [0.15, 0.2) is 48.8 Å². The van der Waals surface area contributed by atoms with Crippen LogP contribution < -0.4 is 0 Å². The third-order valence-electron chi connectivity index (χ3n) is 4.26. The van der Waals surface area contributed by atoms with E-state index in [1.807, 2.05) is 12.4 Å². The van der Waals surface area contributed by atoms with Crippen LogP contribution in [-0.2, 0) is 0 Å². The minimum atomic E-state index is 0.581. The summed E-state index contributed by atoms with van der Waals surface area (Å²) >= 11 is 0. The van der Waals surface area contributed by atoms with Crippen LogP contribution in [0.1, 0.15) is 50.7 Å². The van der Waals surface area contributed by atoms with Crippen molar-refractivity contribution in [2.45, 2.75) is 39.5 Å². The molecule has 4 nitrogen and oxygen atoms in total. The lowest BCUT2D eigenvalue weighted by Gasteiger charge is -2.03. The second kappa shape index (κ2) is 6.87. The summed E-state index contributed by atoms with van der Waals surface area (Å²) in [5.41, 5.74) is 4.95. The number of hydrogen-bond donors (Lipinski definition) is 2. The first-order valence-electron chi connectivity index (χ1n) is 8.40. The standard InChI is InChI=1S/2C10H12N2/c1-7(2)8-3-4-10-9(5-8)6-11-12-10;1-7(2)8-3-4-9-6-11-12-10(9)5-8/h2*3-7H,1-2H3,(H,11,12). The molecule has 0 radical (unpaired) electrons. The second-order valence-electron chi connectivity index (χ2n) is 6.74. The molecule has 0 aliphatic rings. The van der Waals surface area contributed by atoms with Gasteiger partial charge in [-0.15, -0.1) is 0 Å². The van der Waals surface area contributed by atoms with E-state index in [1.165, 1.54) is 21.9 Å². The van der Waals surface area contributed by atoms with E-state index in [9.17, 15) is 0 Å². The molecule has 24 heavy (non-hydrogen) atoms. The number of fused-ring (bicyclic) bond motifs is 2. The van der Waals surface area contributed by atoms with Crippen LogP contribution in [0.25, 0.3) is 21.8 Å². The van der Waals surface area contributed by atoms with E-state index in [-0.39, 0.29) is 0 Å². The van der Waals surface area contributed by atoms with Crippen molar-refractivity contribution >= 4 is 21.8 Å². The molecule has 0 atom stereocenters. The lowest BCUT2D eigenvalue weighted by atomic mass is 10.0. The van der Waals surface area contributed by atoms with Gasteiger partial charge < -0.3 is 0 Å². The van der Waals surface area contributed by atoms with E-state index in [0.717, 1.165) is 11.0 Å². The number of nitrogens with zero attached hydrogens (tertiary/aromatic N) is 2. The maximum Gasteiger partial charge on any atom is 0.0653 e. The van der Waals surface area contributed by atoms with Gasteiger partial charge in [0.15, 0.2) is 0 Å². The molecule has 2 aromatic carbocycles. The van der Waals surface area contributed by atoms with Crippen LogP contribution in [-0.4, -0.2) is 20.4 Å². The molecule has 0 saturated carbocycles. The summed E-state index contributed by atoms with van der Waals surface area (Å²) in [6.07, 6.45) is 3.71. The predicted molar refractivity (Wildman–Crippen MR) is 100 cm³/mol. The van der Waals surface area contributed by atoms with Crippen molar-refractivity contribution in [1.29, 1.82) is 0 Å². The Kier molecular flexibility index (Phi) is 4.65. The number of hydrogen-bond acceptors (Lipinski definition) is 2. The van der Waals surface area contributed by atoms with Crippen molar-refractivity contribution in [3.8, 4) is 0 Å². The monoisotopic (exact) mass is 320 g/mol. The maximum absolute atomic E-state index is 3.98. The molecule has 2 heterocycles. The van der Waals surface area contributed by atoms with Crippen molar-refractivity contribution in [1.82, 2.24) is 20.4 Å². The topological polar surface area (TPSA) is 57.4 Å². The zero-order valence-corrected chi connectivity index (χ0v) is 14.7. The minimum Gasteiger partial charge on any atom is -0.278 e. The van der Waals surface area contributed by atoms with Crippen molar-refractivity contribution < 1.29 is 0 Å². The number of aromatic nitrogens is 4. The molecule has 0 bridgehead atoms. The highest BCUT2D eigenvalue weighted by molar-refractivity contribution is 5.79. The van der Waals surface area contributed by atoms with Crippen LogP contribution in [0.5, 0.6) is 0 Å². The van der Waals surface area contributed by atoms with E-state index in [4.69, 9.17) is 0 Å². The Bertz CT molecular complexity index is 853. The van der Waals surface area contributed by atoms with Crippen LogP contribution in [0, 0.1) is 0 Å². The molecule has 2 aromatic heterocycles. The fourth-order valence-electron chi connectivity index (χ4n) is 2.63. The smallest absolute Gasteiger partial charge is 0.0653 e. The average molecular weight is 320 g/mol. The van der Waals surface area contributed by atoms with Gasteiger partial charge in [-0.3, -0.25) is 10.2 Å². The molecule has 0 aliphatic heterocycles. The average Bonchev–Trinajstić information content (AvgIpc) is 3.22. The van der Waals surface area contributed by atoms with Gasteiger partial charge in [-0.25, -0.2) is 0 Å². The second-order valence-corrected chi connectivity index (χ2v) is 6.74. The van der Waals surface area contributed by atoms with Gasteiger partial charge in [-0.1, -0.05) is 45.9 Å². The van der Waals surface area contributed by atoms with Gasteiger partial charge in [0.2, 0.25) is 0 Å². The minimum absolute atomic E-state index is 0.581. The number of benzene rings is 2. The molecular formula is C20H24N4. The Labute approximate surface area is 142 Å². The lowest BCUT2D eigenvalue weighted by Crippen LogP contribution is -1.85. The Morgan fingerprint density at radius 3 is 1.96 bits per heavy atom. The van der Waals surface area contributed by atoms with Gasteiger partial charge >= 0.3 is 0 Å². The summed E-state index contributed by atoms with van der Waals surface area (Å²) in [5.74, 6) is 1.17. The number of H-pyrrole nitrogens is 2. The lowest BCUT2D eigenvalue weighted by molar-refractivity contribution is 0.868. The molecule has 4 rings (SSSR count). The molecule has 4 aromatic rings. The van der Waals surface area contributed by atoms with E-state index in [0.29, 0.717) is 11.8 Å². The van der Waals surface area contributed by atoms with E-state index in [2.05, 4.69) is 84.5 Å². The zero-order valence-electron chi connectivity index (χ0n) is 14.7. The van der Waals surface area contributed by atoms with Gasteiger partial charge in [0.25, 0.3) is 0 Å². The Balaban J connectivity index is 0.000000141. The number of aromatic amines is 2. The van der Waals surface area contributed by atoms with E-state index in [1.54, 1.807) is 0 Å². The van der Waals surface area contributed by atoms with Gasteiger partial charge in [0.05, 0.1) is 23.4 Å². The molecule has 0 fully saturated rings. The van der Waals surface area contributed by atoms with Crippen molar-refractivity contribution in [2.24, 2.45) is 0 Å². The summed E-state index contributed by atoms with van der Waals surface area (Å²) in [5, 5.41) is 16.2. The van der Waals surface area contributed by atoms with E-state index >= 15 is 0 Å². The fraction of sp³-hybridized carbons (Fsp3) is 0.300. The molecule has 0 aliphatic carbocycles. The van der Waals surface area contributed by atoms with Gasteiger partial charge in [0, 0.05) is 10.8 Å². The highest BCUT2D eigenvalue weighted by atomic mass is 15.1. The summed E-state index contributed by atoms with van der Waals surface area (Å²) in [4.78, 5) is 0. The number of rotatable bonds is 2. The first-order chi connectivity index (χ1) is 11.5. The zero-order chi connectivity index (χ0) is 17.1. The summed E-state index contributed by atoms with van der Waals surface area (Å²) in [7, 11) is 0. The molecule has 2 N–H and O–H groups in total. The van der Waals surface area contributed by atoms with Crippen molar-refractivity contribution in [3.63, 3.8) is 0 Å². The normalized spacial score (nSPS) is 11.2. The van der Waals surface area contributed by atoms with Crippen LogP contribution >= 0.6 is 0 Å². The Morgan fingerprint density at radius 2 is 1.25 bits per heavy atom. The van der Waals surface area contributed by atoms with Crippen molar-refractivity contribution in [2.75, 3.05) is 0 Å². The molecule has 0 spiro atoms. The third kappa shape index (κ3) is 3.48. The first-order valence-corrected chi connectivity index (χ1v) is 8.40. The SMILES string of the molecule is CC(C)c1ccc2[nH]ncc2c1.CC(C)c1ccc2cn[nH]c2c1. The van der Waals surface area contributed by atoms with E-state index < -0.39 is 0 Å². The Morgan fingerprint density at radius 1 is 0.667 bits per heavy atom. The third-order valence-corrected chi connectivity index (χ3v) is 4.26. The predicted octanol–water partition coefficient (Wildman–Crippen LogP) is 5.37. The van der Waals surface area contributed by atoms with Gasteiger partial charge in [-0.05, 0) is 41.2 Å². The number of nitrogens with one attached hydrogen (secondary N) is 2. The molecule has 0 amide bonds. The summed E-state index contributed by atoms with van der Waals surface area (Å²) < 4.78 is 0. The summed E-state index contributed by atoms with van der Waals surface area (Å²) in [6, 6.07) is 12.8. The van der Waals surface area contributed by atoms with Crippen LogP contribution in [0.3, 0.4) is 0 Å². The Hall–Kier alpha value is -2.62. The van der Waals surface area contributed by atoms with Crippen LogP contribution in [0.2, 0.25) is 0 Å². The summed E-state index contributed by atoms with van der Waals surface area (Å²) in [6.45, 7) is 8.78. The fourth-order valence-corrected chi connectivity index (χ4v) is 2.63. The maximum atomic E-state index is 3.98. The quantitative estimate of drug-likeness (QED) is 0.521.